The van der Waals surface area contributed by atoms with Crippen LogP contribution in [0.3, 0.4) is 0 Å². The summed E-state index contributed by atoms with van der Waals surface area (Å²) in [7, 11) is 0. The van der Waals surface area contributed by atoms with Gasteiger partial charge in [-0.1, -0.05) is 23.8 Å². The van der Waals surface area contributed by atoms with Crippen LogP contribution in [0, 0.1) is 0 Å². The lowest BCUT2D eigenvalue weighted by molar-refractivity contribution is -0.137. The van der Waals surface area contributed by atoms with E-state index in [0.717, 1.165) is 31.6 Å². The SMILES string of the molecule is Cl.O=C(Cc1ccc(C(F)(F)F)cc1)NCC1=CCNCC1. The molecule has 0 atom stereocenters. The van der Waals surface area contributed by atoms with Crippen molar-refractivity contribution in [3.63, 3.8) is 0 Å². The molecule has 1 aliphatic heterocycles. The summed E-state index contributed by atoms with van der Waals surface area (Å²) in [6.45, 7) is 2.21. The third-order valence-corrected chi connectivity index (χ3v) is 3.32. The van der Waals surface area contributed by atoms with Crippen molar-refractivity contribution < 1.29 is 18.0 Å². The van der Waals surface area contributed by atoms with Crippen LogP contribution >= 0.6 is 12.4 Å². The predicted molar refractivity (Wildman–Crippen MR) is 81.0 cm³/mol. The molecule has 2 rings (SSSR count). The Bertz CT molecular complexity index is 527. The molecule has 1 heterocycles. The van der Waals surface area contributed by atoms with E-state index >= 15 is 0 Å². The van der Waals surface area contributed by atoms with Crippen molar-refractivity contribution in [1.82, 2.24) is 10.6 Å². The lowest BCUT2D eigenvalue weighted by Gasteiger charge is -2.14. The van der Waals surface area contributed by atoms with Gasteiger partial charge >= 0.3 is 6.18 Å². The fourth-order valence-corrected chi connectivity index (χ4v) is 2.10. The van der Waals surface area contributed by atoms with Crippen molar-refractivity contribution in [3.05, 3.63) is 47.0 Å². The molecule has 2 N–H and O–H groups in total. The molecule has 1 amide bonds. The fourth-order valence-electron chi connectivity index (χ4n) is 2.10. The van der Waals surface area contributed by atoms with Gasteiger partial charge in [0.15, 0.2) is 0 Å². The first-order valence-corrected chi connectivity index (χ1v) is 6.76. The number of carbonyl (C=O) groups excluding carboxylic acids is 1. The van der Waals surface area contributed by atoms with Gasteiger partial charge in [-0.05, 0) is 30.7 Å². The van der Waals surface area contributed by atoms with E-state index in [2.05, 4.69) is 10.6 Å². The van der Waals surface area contributed by atoms with E-state index in [-0.39, 0.29) is 24.7 Å². The number of amides is 1. The molecule has 0 radical (unpaired) electrons. The molecule has 0 fully saturated rings. The number of benzene rings is 1. The van der Waals surface area contributed by atoms with Gasteiger partial charge in [0.1, 0.15) is 0 Å². The number of rotatable bonds is 4. The summed E-state index contributed by atoms with van der Waals surface area (Å²) < 4.78 is 37.3. The second-order valence-corrected chi connectivity index (χ2v) is 4.96. The van der Waals surface area contributed by atoms with E-state index in [1.807, 2.05) is 6.08 Å². The van der Waals surface area contributed by atoms with Crippen molar-refractivity contribution in [3.8, 4) is 0 Å². The van der Waals surface area contributed by atoms with Gasteiger partial charge in [0, 0.05) is 13.1 Å². The molecular weight excluding hydrogens is 317 g/mol. The van der Waals surface area contributed by atoms with Crippen LogP contribution in [0.5, 0.6) is 0 Å². The van der Waals surface area contributed by atoms with Crippen LogP contribution in [0.25, 0.3) is 0 Å². The molecule has 0 saturated carbocycles. The van der Waals surface area contributed by atoms with Crippen molar-refractivity contribution in [1.29, 1.82) is 0 Å². The molecule has 0 unspecified atom stereocenters. The van der Waals surface area contributed by atoms with Gasteiger partial charge in [-0.3, -0.25) is 4.79 Å². The second kappa shape index (κ2) is 8.19. The first-order valence-electron chi connectivity index (χ1n) is 6.76. The molecule has 3 nitrogen and oxygen atoms in total. The Morgan fingerprint density at radius 1 is 1.23 bits per heavy atom. The van der Waals surface area contributed by atoms with Gasteiger partial charge in [0.05, 0.1) is 12.0 Å². The normalized spacial score (nSPS) is 14.8. The molecule has 1 aliphatic rings. The molecule has 0 bridgehead atoms. The Hall–Kier alpha value is -1.53. The smallest absolute Gasteiger partial charge is 0.352 e. The highest BCUT2D eigenvalue weighted by atomic mass is 35.5. The average Bonchev–Trinajstić information content (AvgIpc) is 2.46. The molecule has 0 spiro atoms. The van der Waals surface area contributed by atoms with Gasteiger partial charge in [-0.2, -0.15) is 13.2 Å². The molecule has 0 saturated heterocycles. The third-order valence-electron chi connectivity index (χ3n) is 3.32. The minimum Gasteiger partial charge on any atom is -0.352 e. The maximum absolute atomic E-state index is 12.4. The number of nitrogens with one attached hydrogen (secondary N) is 2. The highest BCUT2D eigenvalue weighted by Crippen LogP contribution is 2.29. The Balaban J connectivity index is 0.00000242. The molecular formula is C15H18ClF3N2O. The molecule has 0 aromatic heterocycles. The first kappa shape index (κ1) is 18.5. The highest BCUT2D eigenvalue weighted by molar-refractivity contribution is 5.85. The summed E-state index contributed by atoms with van der Waals surface area (Å²) in [5, 5.41) is 5.97. The summed E-state index contributed by atoms with van der Waals surface area (Å²) in [4.78, 5) is 11.8. The van der Waals surface area contributed by atoms with Crippen LogP contribution in [0.2, 0.25) is 0 Å². The Morgan fingerprint density at radius 2 is 1.91 bits per heavy atom. The number of carbonyl (C=O) groups is 1. The number of hydrogen-bond acceptors (Lipinski definition) is 2. The van der Waals surface area contributed by atoms with Crippen LogP contribution in [-0.2, 0) is 17.4 Å². The van der Waals surface area contributed by atoms with Gasteiger partial charge in [-0.15, -0.1) is 12.4 Å². The van der Waals surface area contributed by atoms with E-state index in [4.69, 9.17) is 0 Å². The van der Waals surface area contributed by atoms with Gasteiger partial charge in [0.2, 0.25) is 5.91 Å². The van der Waals surface area contributed by atoms with Crippen molar-refractivity contribution in [2.24, 2.45) is 0 Å². The van der Waals surface area contributed by atoms with Crippen LogP contribution in [0.1, 0.15) is 17.5 Å². The molecule has 0 aliphatic carbocycles. The zero-order valence-corrected chi connectivity index (χ0v) is 12.7. The lowest BCUT2D eigenvalue weighted by Crippen LogP contribution is -2.30. The summed E-state index contributed by atoms with van der Waals surface area (Å²) in [5.41, 5.74) is 1.04. The molecule has 1 aromatic rings. The summed E-state index contributed by atoms with van der Waals surface area (Å²) in [5.74, 6) is -0.186. The minimum atomic E-state index is -4.34. The standard InChI is InChI=1S/C15H17F3N2O.ClH/c16-15(17,18)13-3-1-11(2-4-13)9-14(21)20-10-12-5-7-19-8-6-12;/h1-5,19H,6-10H2,(H,20,21);1H. The van der Waals surface area contributed by atoms with E-state index in [1.54, 1.807) is 0 Å². The first-order chi connectivity index (χ1) is 9.95. The van der Waals surface area contributed by atoms with Crippen molar-refractivity contribution >= 4 is 18.3 Å². The largest absolute Gasteiger partial charge is 0.416 e. The predicted octanol–water partition coefficient (Wildman–Crippen LogP) is 2.71. The van der Waals surface area contributed by atoms with Crippen LogP contribution in [-0.4, -0.2) is 25.5 Å². The zero-order chi connectivity index (χ0) is 15.3. The number of hydrogen-bond donors (Lipinski definition) is 2. The Kier molecular flexibility index (Phi) is 6.90. The molecule has 22 heavy (non-hydrogen) atoms. The second-order valence-electron chi connectivity index (χ2n) is 4.96. The van der Waals surface area contributed by atoms with E-state index < -0.39 is 11.7 Å². The Morgan fingerprint density at radius 3 is 2.45 bits per heavy atom. The summed E-state index contributed by atoms with van der Waals surface area (Å²) in [6.07, 6.45) is -1.31. The van der Waals surface area contributed by atoms with E-state index in [9.17, 15) is 18.0 Å². The number of halogens is 4. The average molecular weight is 335 g/mol. The van der Waals surface area contributed by atoms with E-state index in [1.165, 1.54) is 17.7 Å². The number of alkyl halides is 3. The third kappa shape index (κ3) is 5.69. The van der Waals surface area contributed by atoms with Gasteiger partial charge in [0.25, 0.3) is 0 Å². The minimum absolute atomic E-state index is 0. The molecule has 122 valence electrons. The van der Waals surface area contributed by atoms with E-state index in [0.29, 0.717) is 12.1 Å². The summed E-state index contributed by atoms with van der Waals surface area (Å²) in [6, 6.07) is 4.67. The quantitative estimate of drug-likeness (QED) is 0.831. The van der Waals surface area contributed by atoms with Crippen molar-refractivity contribution in [2.75, 3.05) is 19.6 Å². The lowest BCUT2D eigenvalue weighted by atomic mass is 10.1. The molecule has 7 heteroatoms. The van der Waals surface area contributed by atoms with Gasteiger partial charge in [-0.25, -0.2) is 0 Å². The maximum Gasteiger partial charge on any atom is 0.416 e. The molecule has 1 aromatic carbocycles. The highest BCUT2D eigenvalue weighted by Gasteiger charge is 2.29. The van der Waals surface area contributed by atoms with Crippen LogP contribution in [0.4, 0.5) is 13.2 Å². The Labute approximate surface area is 133 Å². The van der Waals surface area contributed by atoms with Gasteiger partial charge < -0.3 is 10.6 Å². The zero-order valence-electron chi connectivity index (χ0n) is 11.9. The maximum atomic E-state index is 12.4. The summed E-state index contributed by atoms with van der Waals surface area (Å²) >= 11 is 0. The monoisotopic (exact) mass is 334 g/mol. The topological polar surface area (TPSA) is 41.1 Å². The van der Waals surface area contributed by atoms with Crippen molar-refractivity contribution in [2.45, 2.75) is 19.0 Å². The fraction of sp³-hybridized carbons (Fsp3) is 0.400. The van der Waals surface area contributed by atoms with Crippen LogP contribution < -0.4 is 10.6 Å². The van der Waals surface area contributed by atoms with Crippen LogP contribution in [0.15, 0.2) is 35.9 Å².